The van der Waals surface area contributed by atoms with Crippen LogP contribution in [0.4, 0.5) is 0 Å². The van der Waals surface area contributed by atoms with Crippen molar-refractivity contribution in [2.24, 2.45) is 0 Å². The molecule has 0 saturated carbocycles. The van der Waals surface area contributed by atoms with Gasteiger partial charge in [0.05, 0.1) is 14.8 Å². The Balaban J connectivity index is 2.71. The SMILES string of the molecule is CSc1cc2cc(Cl)c(C#N)cc2s1. The fourth-order valence-electron chi connectivity index (χ4n) is 1.22. The minimum Gasteiger partial charge on any atom is -0.192 e. The summed E-state index contributed by atoms with van der Waals surface area (Å²) in [5.74, 6) is 0. The molecule has 0 aliphatic rings. The van der Waals surface area contributed by atoms with Crippen LogP contribution in [0.25, 0.3) is 10.1 Å². The molecule has 0 radical (unpaired) electrons. The highest BCUT2D eigenvalue weighted by Gasteiger charge is 2.05. The van der Waals surface area contributed by atoms with E-state index >= 15 is 0 Å². The summed E-state index contributed by atoms with van der Waals surface area (Å²) in [6.07, 6.45) is 2.04. The van der Waals surface area contributed by atoms with Crippen molar-refractivity contribution in [2.45, 2.75) is 4.21 Å². The van der Waals surface area contributed by atoms with Gasteiger partial charge in [0.25, 0.3) is 0 Å². The summed E-state index contributed by atoms with van der Waals surface area (Å²) in [6, 6.07) is 7.88. The van der Waals surface area contributed by atoms with E-state index in [9.17, 15) is 0 Å². The molecule has 2 rings (SSSR count). The lowest BCUT2D eigenvalue weighted by Crippen LogP contribution is -1.74. The summed E-state index contributed by atoms with van der Waals surface area (Å²) in [5.41, 5.74) is 0.550. The number of fused-ring (bicyclic) bond motifs is 1. The van der Waals surface area contributed by atoms with Gasteiger partial charge in [0.2, 0.25) is 0 Å². The van der Waals surface area contributed by atoms with Crippen molar-refractivity contribution in [2.75, 3.05) is 6.26 Å². The van der Waals surface area contributed by atoms with E-state index in [1.165, 1.54) is 4.21 Å². The summed E-state index contributed by atoms with van der Waals surface area (Å²) in [6.45, 7) is 0. The highest BCUT2D eigenvalue weighted by atomic mass is 35.5. The Hall–Kier alpha value is -0.690. The van der Waals surface area contributed by atoms with Gasteiger partial charge >= 0.3 is 0 Å². The molecule has 1 heterocycles. The molecule has 0 amide bonds. The fraction of sp³-hybridized carbons (Fsp3) is 0.100. The number of thioether (sulfide) groups is 1. The number of nitriles is 1. The van der Waals surface area contributed by atoms with Crippen LogP contribution >= 0.6 is 34.7 Å². The first kappa shape index (κ1) is 9.85. The zero-order valence-corrected chi connectivity index (χ0v) is 9.76. The van der Waals surface area contributed by atoms with E-state index in [-0.39, 0.29) is 0 Å². The Labute approximate surface area is 95.3 Å². The molecule has 0 spiro atoms. The normalized spacial score (nSPS) is 10.4. The van der Waals surface area contributed by atoms with Crippen LogP contribution in [0.15, 0.2) is 22.4 Å². The van der Waals surface area contributed by atoms with Gasteiger partial charge in [-0.1, -0.05) is 11.6 Å². The Morgan fingerprint density at radius 2 is 2.21 bits per heavy atom. The number of nitrogens with zero attached hydrogens (tertiary/aromatic N) is 1. The summed E-state index contributed by atoms with van der Waals surface area (Å²) >= 11 is 9.33. The van der Waals surface area contributed by atoms with Crippen molar-refractivity contribution >= 4 is 44.8 Å². The first-order valence-electron chi connectivity index (χ1n) is 3.92. The van der Waals surface area contributed by atoms with Gasteiger partial charge in [-0.15, -0.1) is 23.1 Å². The van der Waals surface area contributed by atoms with E-state index in [1.807, 2.05) is 18.4 Å². The molecule has 0 atom stereocenters. The largest absolute Gasteiger partial charge is 0.192 e. The summed E-state index contributed by atoms with van der Waals surface area (Å²) in [4.78, 5) is 0. The summed E-state index contributed by atoms with van der Waals surface area (Å²) in [5, 5.41) is 10.5. The van der Waals surface area contributed by atoms with Crippen molar-refractivity contribution in [1.29, 1.82) is 5.26 Å². The van der Waals surface area contributed by atoms with Crippen molar-refractivity contribution in [3.8, 4) is 6.07 Å². The lowest BCUT2D eigenvalue weighted by Gasteiger charge is -1.93. The van der Waals surface area contributed by atoms with E-state index in [0.717, 1.165) is 10.1 Å². The van der Waals surface area contributed by atoms with Gasteiger partial charge in [0, 0.05) is 4.70 Å². The van der Waals surface area contributed by atoms with Crippen LogP contribution in [0.1, 0.15) is 5.56 Å². The number of rotatable bonds is 1. The van der Waals surface area contributed by atoms with Crippen LogP contribution < -0.4 is 0 Å². The van der Waals surface area contributed by atoms with Gasteiger partial charge in [0.15, 0.2) is 0 Å². The topological polar surface area (TPSA) is 23.8 Å². The molecule has 1 nitrogen and oxygen atoms in total. The maximum Gasteiger partial charge on any atom is 0.101 e. The average Bonchev–Trinajstić information content (AvgIpc) is 2.58. The first-order chi connectivity index (χ1) is 6.74. The second-order valence-electron chi connectivity index (χ2n) is 2.75. The molecule has 0 aliphatic carbocycles. The molecule has 0 aliphatic heterocycles. The molecule has 2 aromatic rings. The van der Waals surface area contributed by atoms with Crippen LogP contribution in [0, 0.1) is 11.3 Å². The van der Waals surface area contributed by atoms with E-state index in [2.05, 4.69) is 12.1 Å². The maximum absolute atomic E-state index is 8.81. The van der Waals surface area contributed by atoms with Crippen LogP contribution in [-0.4, -0.2) is 6.26 Å². The molecule has 70 valence electrons. The van der Waals surface area contributed by atoms with Crippen LogP contribution in [0.3, 0.4) is 0 Å². The van der Waals surface area contributed by atoms with Crippen molar-refractivity contribution in [1.82, 2.24) is 0 Å². The zero-order chi connectivity index (χ0) is 10.1. The zero-order valence-electron chi connectivity index (χ0n) is 7.37. The number of thiophene rings is 1. The van der Waals surface area contributed by atoms with Crippen molar-refractivity contribution in [3.05, 3.63) is 28.8 Å². The van der Waals surface area contributed by atoms with Gasteiger partial charge in [-0.2, -0.15) is 5.26 Å². The molecule has 1 aromatic heterocycles. The van der Waals surface area contributed by atoms with E-state index in [0.29, 0.717) is 10.6 Å². The lowest BCUT2D eigenvalue weighted by atomic mass is 10.2. The second kappa shape index (κ2) is 3.82. The second-order valence-corrected chi connectivity index (χ2v) is 5.35. The lowest BCUT2D eigenvalue weighted by molar-refractivity contribution is 1.50. The van der Waals surface area contributed by atoms with Crippen LogP contribution in [-0.2, 0) is 0 Å². The summed E-state index contributed by atoms with van der Waals surface area (Å²) in [7, 11) is 0. The Bertz CT molecular complexity index is 525. The van der Waals surface area contributed by atoms with Crippen LogP contribution in [0.5, 0.6) is 0 Å². The number of hydrogen-bond acceptors (Lipinski definition) is 3. The molecule has 1 aromatic carbocycles. The highest BCUT2D eigenvalue weighted by Crippen LogP contribution is 2.34. The Morgan fingerprint density at radius 3 is 2.86 bits per heavy atom. The third-order valence-electron chi connectivity index (χ3n) is 1.91. The predicted molar refractivity (Wildman–Crippen MR) is 63.3 cm³/mol. The highest BCUT2D eigenvalue weighted by molar-refractivity contribution is 8.00. The van der Waals surface area contributed by atoms with Crippen molar-refractivity contribution < 1.29 is 0 Å². The molecular formula is C10H6ClNS2. The minimum atomic E-state index is 0.533. The molecule has 0 bridgehead atoms. The number of hydrogen-bond donors (Lipinski definition) is 0. The Kier molecular flexibility index (Phi) is 2.69. The average molecular weight is 240 g/mol. The van der Waals surface area contributed by atoms with Gasteiger partial charge in [-0.3, -0.25) is 0 Å². The molecule has 0 N–H and O–H groups in total. The number of halogens is 1. The van der Waals surface area contributed by atoms with Crippen LogP contribution in [0.2, 0.25) is 5.02 Å². The fourth-order valence-corrected chi connectivity index (χ4v) is 3.10. The monoisotopic (exact) mass is 239 g/mol. The third kappa shape index (κ3) is 1.61. The Morgan fingerprint density at radius 1 is 1.43 bits per heavy atom. The first-order valence-corrected chi connectivity index (χ1v) is 6.33. The molecule has 0 saturated heterocycles. The minimum absolute atomic E-state index is 0.533. The smallest absolute Gasteiger partial charge is 0.101 e. The predicted octanol–water partition coefficient (Wildman–Crippen LogP) is 4.15. The van der Waals surface area contributed by atoms with Gasteiger partial charge < -0.3 is 0 Å². The van der Waals surface area contributed by atoms with Crippen molar-refractivity contribution in [3.63, 3.8) is 0 Å². The molecule has 4 heteroatoms. The molecule has 0 unspecified atom stereocenters. The third-order valence-corrected chi connectivity index (χ3v) is 4.38. The standard InChI is InChI=1S/C10H6ClNS2/c1-13-10-4-6-2-8(11)7(5-12)3-9(6)14-10/h2-4H,1H3. The van der Waals surface area contributed by atoms with Gasteiger partial charge in [0.1, 0.15) is 6.07 Å². The molecule has 0 fully saturated rings. The number of benzene rings is 1. The maximum atomic E-state index is 8.81. The van der Waals surface area contributed by atoms with E-state index in [4.69, 9.17) is 16.9 Å². The van der Waals surface area contributed by atoms with Gasteiger partial charge in [-0.05, 0) is 29.8 Å². The molecular weight excluding hydrogens is 234 g/mol. The van der Waals surface area contributed by atoms with Gasteiger partial charge in [-0.25, -0.2) is 0 Å². The van der Waals surface area contributed by atoms with E-state index < -0.39 is 0 Å². The quantitative estimate of drug-likeness (QED) is 0.698. The summed E-state index contributed by atoms with van der Waals surface area (Å²) < 4.78 is 2.36. The van der Waals surface area contributed by atoms with E-state index in [1.54, 1.807) is 23.1 Å². The molecule has 14 heavy (non-hydrogen) atoms.